The van der Waals surface area contributed by atoms with E-state index >= 15 is 0 Å². The second-order valence-corrected chi connectivity index (χ2v) is 7.22. The summed E-state index contributed by atoms with van der Waals surface area (Å²) in [6.45, 7) is 3.80. The summed E-state index contributed by atoms with van der Waals surface area (Å²) in [5, 5.41) is 2.60. The van der Waals surface area contributed by atoms with Crippen LogP contribution in [0.4, 0.5) is 14.9 Å². The Hall–Kier alpha value is -3.15. The lowest BCUT2D eigenvalue weighted by atomic mass is 10.1. The third-order valence-corrected chi connectivity index (χ3v) is 5.23. The molecule has 28 heavy (non-hydrogen) atoms. The SMILES string of the molecule is Cc1cc(N2CCCC2)c(F)cc1C=C1NC(=O)N(Cc2ccccc2)C1=O. The molecule has 0 aliphatic carbocycles. The lowest BCUT2D eigenvalue weighted by Gasteiger charge is -2.19. The van der Waals surface area contributed by atoms with Gasteiger partial charge in [0.1, 0.15) is 11.5 Å². The molecule has 6 heteroatoms. The largest absolute Gasteiger partial charge is 0.369 e. The smallest absolute Gasteiger partial charge is 0.329 e. The second kappa shape index (κ2) is 7.46. The lowest BCUT2D eigenvalue weighted by molar-refractivity contribution is -0.123. The Morgan fingerprint density at radius 1 is 1.11 bits per heavy atom. The average molecular weight is 379 g/mol. The highest BCUT2D eigenvalue weighted by atomic mass is 19.1. The van der Waals surface area contributed by atoms with Crippen LogP contribution < -0.4 is 10.2 Å². The van der Waals surface area contributed by atoms with E-state index in [1.165, 1.54) is 6.07 Å². The monoisotopic (exact) mass is 379 g/mol. The van der Waals surface area contributed by atoms with Gasteiger partial charge in [0.15, 0.2) is 0 Å². The molecular formula is C22H22FN3O2. The van der Waals surface area contributed by atoms with E-state index in [9.17, 15) is 14.0 Å². The van der Waals surface area contributed by atoms with Crippen LogP contribution in [0.3, 0.4) is 0 Å². The van der Waals surface area contributed by atoms with E-state index < -0.39 is 11.9 Å². The van der Waals surface area contributed by atoms with E-state index in [0.717, 1.165) is 42.0 Å². The zero-order chi connectivity index (χ0) is 19.7. The minimum Gasteiger partial charge on any atom is -0.369 e. The molecule has 0 atom stereocenters. The fraction of sp³-hybridized carbons (Fsp3) is 0.273. The number of carbonyl (C=O) groups excluding carboxylic acids is 2. The fourth-order valence-electron chi connectivity index (χ4n) is 3.67. The van der Waals surface area contributed by atoms with Gasteiger partial charge in [-0.25, -0.2) is 9.18 Å². The standard InChI is InChI=1S/C22H22FN3O2/c1-15-11-20(25-9-5-6-10-25)18(23)12-17(15)13-19-21(27)26(22(28)24-19)14-16-7-3-2-4-8-16/h2-4,7-8,11-13H,5-6,9-10,14H2,1H3,(H,24,28). The maximum atomic E-state index is 14.6. The van der Waals surface area contributed by atoms with Crippen LogP contribution in [-0.4, -0.2) is 29.9 Å². The highest BCUT2D eigenvalue weighted by Gasteiger charge is 2.33. The number of anilines is 1. The number of aryl methyl sites for hydroxylation is 1. The van der Waals surface area contributed by atoms with Gasteiger partial charge < -0.3 is 10.2 Å². The van der Waals surface area contributed by atoms with Crippen LogP contribution >= 0.6 is 0 Å². The molecule has 2 fully saturated rings. The van der Waals surface area contributed by atoms with Crippen LogP contribution in [0, 0.1) is 12.7 Å². The van der Waals surface area contributed by atoms with Crippen molar-refractivity contribution in [1.82, 2.24) is 10.2 Å². The van der Waals surface area contributed by atoms with Gasteiger partial charge in [-0.1, -0.05) is 30.3 Å². The first-order chi connectivity index (χ1) is 13.5. The van der Waals surface area contributed by atoms with Crippen molar-refractivity contribution in [3.8, 4) is 0 Å². The van der Waals surface area contributed by atoms with Gasteiger partial charge in [-0.2, -0.15) is 0 Å². The number of hydrogen-bond donors (Lipinski definition) is 1. The Labute approximate surface area is 163 Å². The number of urea groups is 1. The Balaban J connectivity index is 1.58. The van der Waals surface area contributed by atoms with Crippen molar-refractivity contribution >= 4 is 23.7 Å². The minimum atomic E-state index is -0.466. The number of imide groups is 1. The van der Waals surface area contributed by atoms with E-state index in [0.29, 0.717) is 11.3 Å². The van der Waals surface area contributed by atoms with Crippen molar-refractivity contribution in [2.24, 2.45) is 0 Å². The number of hydrogen-bond acceptors (Lipinski definition) is 3. The van der Waals surface area contributed by atoms with Gasteiger partial charge >= 0.3 is 6.03 Å². The molecule has 2 heterocycles. The first-order valence-electron chi connectivity index (χ1n) is 9.46. The van der Waals surface area contributed by atoms with Crippen molar-refractivity contribution in [1.29, 1.82) is 0 Å². The summed E-state index contributed by atoms with van der Waals surface area (Å²) in [4.78, 5) is 28.1. The number of amides is 3. The fourth-order valence-corrected chi connectivity index (χ4v) is 3.67. The lowest BCUT2D eigenvalue weighted by Crippen LogP contribution is -2.30. The Morgan fingerprint density at radius 3 is 2.54 bits per heavy atom. The first kappa shape index (κ1) is 18.2. The molecule has 0 aromatic heterocycles. The number of nitrogens with one attached hydrogen (secondary N) is 1. The first-order valence-corrected chi connectivity index (χ1v) is 9.46. The van der Waals surface area contributed by atoms with E-state index in [-0.39, 0.29) is 18.1 Å². The molecule has 3 amide bonds. The Bertz CT molecular complexity index is 950. The number of carbonyl (C=O) groups is 2. The molecule has 144 valence electrons. The average Bonchev–Trinajstić information content (AvgIpc) is 3.30. The zero-order valence-corrected chi connectivity index (χ0v) is 15.7. The third-order valence-electron chi connectivity index (χ3n) is 5.23. The van der Waals surface area contributed by atoms with E-state index in [4.69, 9.17) is 0 Å². The molecular weight excluding hydrogens is 357 g/mol. The second-order valence-electron chi connectivity index (χ2n) is 7.22. The Morgan fingerprint density at radius 2 is 1.82 bits per heavy atom. The molecule has 0 radical (unpaired) electrons. The summed E-state index contributed by atoms with van der Waals surface area (Å²) in [5.41, 5.74) is 3.08. The topological polar surface area (TPSA) is 52.7 Å². The molecule has 2 aromatic carbocycles. The molecule has 2 aliphatic heterocycles. The van der Waals surface area contributed by atoms with Crippen LogP contribution in [0.25, 0.3) is 6.08 Å². The van der Waals surface area contributed by atoms with Gasteiger partial charge in [-0.3, -0.25) is 9.69 Å². The van der Waals surface area contributed by atoms with Crippen LogP contribution in [0.5, 0.6) is 0 Å². The maximum Gasteiger partial charge on any atom is 0.329 e. The molecule has 5 nitrogen and oxygen atoms in total. The predicted molar refractivity (Wildman–Crippen MR) is 106 cm³/mol. The van der Waals surface area contributed by atoms with Crippen molar-refractivity contribution in [3.63, 3.8) is 0 Å². The van der Waals surface area contributed by atoms with Crippen LogP contribution in [0.15, 0.2) is 48.2 Å². The number of nitrogens with zero attached hydrogens (tertiary/aromatic N) is 2. The maximum absolute atomic E-state index is 14.6. The van der Waals surface area contributed by atoms with Gasteiger partial charge in [0, 0.05) is 13.1 Å². The van der Waals surface area contributed by atoms with E-state index in [1.54, 1.807) is 6.08 Å². The van der Waals surface area contributed by atoms with E-state index in [1.807, 2.05) is 48.2 Å². The summed E-state index contributed by atoms with van der Waals surface area (Å²) in [6.07, 6.45) is 3.70. The van der Waals surface area contributed by atoms with Crippen molar-refractivity contribution in [2.45, 2.75) is 26.3 Å². The zero-order valence-electron chi connectivity index (χ0n) is 15.7. The predicted octanol–water partition coefficient (Wildman–Crippen LogP) is 3.83. The molecule has 0 unspecified atom stereocenters. The highest BCUT2D eigenvalue weighted by molar-refractivity contribution is 6.14. The van der Waals surface area contributed by atoms with E-state index in [2.05, 4.69) is 5.32 Å². The van der Waals surface area contributed by atoms with Gasteiger partial charge in [-0.05, 0) is 54.7 Å². The molecule has 2 aliphatic rings. The van der Waals surface area contributed by atoms with Gasteiger partial charge in [-0.15, -0.1) is 0 Å². The molecule has 0 saturated carbocycles. The summed E-state index contributed by atoms with van der Waals surface area (Å²) in [7, 11) is 0. The minimum absolute atomic E-state index is 0.164. The van der Waals surface area contributed by atoms with Gasteiger partial charge in [0.05, 0.1) is 12.2 Å². The number of benzene rings is 2. The van der Waals surface area contributed by atoms with Gasteiger partial charge in [0.2, 0.25) is 0 Å². The summed E-state index contributed by atoms with van der Waals surface area (Å²) in [6, 6.07) is 12.1. The molecule has 1 N–H and O–H groups in total. The molecule has 2 aromatic rings. The molecule has 0 spiro atoms. The Kier molecular flexibility index (Phi) is 4.86. The quantitative estimate of drug-likeness (QED) is 0.649. The molecule has 4 rings (SSSR count). The third kappa shape index (κ3) is 3.50. The molecule has 2 saturated heterocycles. The summed E-state index contributed by atoms with van der Waals surface area (Å²) in [5.74, 6) is -0.713. The van der Waals surface area contributed by atoms with Gasteiger partial charge in [0.25, 0.3) is 5.91 Å². The van der Waals surface area contributed by atoms with Crippen molar-refractivity contribution in [3.05, 3.63) is 70.7 Å². The van der Waals surface area contributed by atoms with Crippen LogP contribution in [0.1, 0.15) is 29.5 Å². The van der Waals surface area contributed by atoms with Crippen molar-refractivity contribution < 1.29 is 14.0 Å². The van der Waals surface area contributed by atoms with Crippen LogP contribution in [0.2, 0.25) is 0 Å². The number of halogens is 1. The summed E-state index contributed by atoms with van der Waals surface area (Å²) >= 11 is 0. The highest BCUT2D eigenvalue weighted by Crippen LogP contribution is 2.28. The normalized spacial score (nSPS) is 18.3. The van der Waals surface area contributed by atoms with Crippen molar-refractivity contribution in [2.75, 3.05) is 18.0 Å². The molecule has 0 bridgehead atoms. The summed E-state index contributed by atoms with van der Waals surface area (Å²) < 4.78 is 14.6. The van der Waals surface area contributed by atoms with Crippen LogP contribution in [-0.2, 0) is 11.3 Å². The number of rotatable bonds is 4.